The maximum Gasteiger partial charge on any atom is 0.272 e. The van der Waals surface area contributed by atoms with Gasteiger partial charge in [-0.1, -0.05) is 44.5 Å². The van der Waals surface area contributed by atoms with Crippen molar-refractivity contribution in [3.8, 4) is 0 Å². The molecule has 1 saturated heterocycles. The fourth-order valence-electron chi connectivity index (χ4n) is 5.03. The van der Waals surface area contributed by atoms with Gasteiger partial charge in [-0.3, -0.25) is 4.79 Å². The van der Waals surface area contributed by atoms with Gasteiger partial charge in [0.25, 0.3) is 5.91 Å². The summed E-state index contributed by atoms with van der Waals surface area (Å²) in [7, 11) is 0. The number of fused-ring (bicyclic) bond motifs is 1. The Morgan fingerprint density at radius 1 is 1.21 bits per heavy atom. The van der Waals surface area contributed by atoms with Gasteiger partial charge in [-0.15, -0.1) is 10.2 Å². The van der Waals surface area contributed by atoms with Crippen LogP contribution in [-0.4, -0.2) is 43.6 Å². The van der Waals surface area contributed by atoms with Gasteiger partial charge in [-0.2, -0.15) is 0 Å². The summed E-state index contributed by atoms with van der Waals surface area (Å²) in [4.78, 5) is 19.9. The second-order valence-corrected chi connectivity index (χ2v) is 9.08. The zero-order valence-electron chi connectivity index (χ0n) is 17.1. The quantitative estimate of drug-likeness (QED) is 0.679. The number of aromatic nitrogens is 4. The van der Waals surface area contributed by atoms with Crippen molar-refractivity contribution in [1.29, 1.82) is 0 Å². The molecule has 0 bridgehead atoms. The first-order valence-corrected chi connectivity index (χ1v) is 10.6. The Kier molecular flexibility index (Phi) is 4.37. The number of carbonyl (C=O) groups is 1. The Bertz CT molecular complexity index is 1050. The highest BCUT2D eigenvalue weighted by atomic mass is 16.2. The van der Waals surface area contributed by atoms with Crippen molar-refractivity contribution in [2.45, 2.75) is 45.6 Å². The summed E-state index contributed by atoms with van der Waals surface area (Å²) in [6.45, 7) is 6.82. The van der Waals surface area contributed by atoms with E-state index in [1.165, 1.54) is 6.42 Å². The largest absolute Gasteiger partial charge is 0.336 e. The number of benzene rings is 1. The lowest BCUT2D eigenvalue weighted by Crippen LogP contribution is -2.38. The molecule has 2 aromatic heterocycles. The topological polar surface area (TPSA) is 63.9 Å². The lowest BCUT2D eigenvalue weighted by atomic mass is 9.62. The van der Waals surface area contributed by atoms with Crippen molar-refractivity contribution in [3.05, 3.63) is 54.2 Å². The van der Waals surface area contributed by atoms with Gasteiger partial charge in [-0.05, 0) is 36.3 Å². The Morgan fingerprint density at radius 3 is 2.79 bits per heavy atom. The van der Waals surface area contributed by atoms with E-state index in [1.807, 2.05) is 47.6 Å². The van der Waals surface area contributed by atoms with Gasteiger partial charge >= 0.3 is 0 Å². The van der Waals surface area contributed by atoms with Crippen molar-refractivity contribution in [1.82, 2.24) is 24.6 Å². The van der Waals surface area contributed by atoms with E-state index in [4.69, 9.17) is 0 Å². The summed E-state index contributed by atoms with van der Waals surface area (Å²) < 4.78 is 2.19. The minimum Gasteiger partial charge on any atom is -0.336 e. The van der Waals surface area contributed by atoms with E-state index in [2.05, 4.69) is 33.6 Å². The van der Waals surface area contributed by atoms with Gasteiger partial charge in [0.05, 0.1) is 5.52 Å². The van der Waals surface area contributed by atoms with Gasteiger partial charge in [0.1, 0.15) is 17.8 Å². The Labute approximate surface area is 171 Å². The molecule has 3 aromatic rings. The molecule has 2 fully saturated rings. The van der Waals surface area contributed by atoms with Gasteiger partial charge in [0.2, 0.25) is 0 Å². The molecule has 1 aliphatic heterocycles. The van der Waals surface area contributed by atoms with E-state index in [1.54, 1.807) is 0 Å². The van der Waals surface area contributed by atoms with Crippen LogP contribution in [0.25, 0.3) is 10.9 Å². The van der Waals surface area contributed by atoms with Crippen LogP contribution in [-0.2, 0) is 6.54 Å². The Hall–Kier alpha value is -2.76. The molecule has 1 saturated carbocycles. The van der Waals surface area contributed by atoms with Crippen LogP contribution in [0.5, 0.6) is 0 Å². The minimum absolute atomic E-state index is 0.0273. The molecule has 1 spiro atoms. The lowest BCUT2D eigenvalue weighted by Gasteiger charge is -2.42. The maximum atomic E-state index is 13.3. The van der Waals surface area contributed by atoms with E-state index in [0.29, 0.717) is 18.2 Å². The van der Waals surface area contributed by atoms with Crippen LogP contribution in [0.2, 0.25) is 0 Å². The third-order valence-electron chi connectivity index (χ3n) is 6.62. The van der Waals surface area contributed by atoms with Gasteiger partial charge in [0, 0.05) is 30.9 Å². The average molecular weight is 390 g/mol. The molecule has 1 aliphatic carbocycles. The first-order valence-electron chi connectivity index (χ1n) is 10.6. The van der Waals surface area contributed by atoms with Crippen molar-refractivity contribution in [2.75, 3.05) is 13.1 Å². The van der Waals surface area contributed by atoms with Crippen molar-refractivity contribution >= 4 is 16.8 Å². The lowest BCUT2D eigenvalue weighted by molar-refractivity contribution is 0.0718. The van der Waals surface area contributed by atoms with Crippen LogP contribution in [0.1, 0.15) is 55.3 Å². The second kappa shape index (κ2) is 6.94. The molecule has 29 heavy (non-hydrogen) atoms. The molecule has 1 aromatic carbocycles. The zero-order valence-corrected chi connectivity index (χ0v) is 17.1. The number of rotatable bonds is 4. The number of para-hydroxylation sites is 1. The highest BCUT2D eigenvalue weighted by Gasteiger charge is 2.53. The van der Waals surface area contributed by atoms with Crippen molar-refractivity contribution in [3.63, 3.8) is 0 Å². The average Bonchev–Trinajstić information content (AvgIpc) is 3.30. The molecule has 5 rings (SSSR count). The second-order valence-electron chi connectivity index (χ2n) is 9.08. The van der Waals surface area contributed by atoms with E-state index < -0.39 is 0 Å². The van der Waals surface area contributed by atoms with Crippen LogP contribution in [0.4, 0.5) is 0 Å². The van der Waals surface area contributed by atoms with Crippen molar-refractivity contribution < 1.29 is 4.79 Å². The number of likely N-dealkylation sites (tertiary alicyclic amines) is 1. The summed E-state index contributed by atoms with van der Waals surface area (Å²) in [6, 6.07) is 11.8. The normalized spacial score (nSPS) is 20.5. The minimum atomic E-state index is 0.0273. The standard InChI is InChI=1S/C23H27N5O/c1-16(2)12-28-15-24-26-21(28)18-13-27(14-23(18)10-5-11-23)22(29)20-9-8-17-6-3-4-7-19(17)25-20/h3-4,6-9,15-16,18H,5,10-14H2,1-2H3. The molecule has 0 N–H and O–H groups in total. The van der Waals surface area contributed by atoms with E-state index in [-0.39, 0.29) is 17.2 Å². The molecular weight excluding hydrogens is 362 g/mol. The molecule has 0 radical (unpaired) electrons. The van der Waals surface area contributed by atoms with Crippen LogP contribution in [0.3, 0.4) is 0 Å². The summed E-state index contributed by atoms with van der Waals surface area (Å²) in [5.41, 5.74) is 1.54. The first kappa shape index (κ1) is 18.3. The van der Waals surface area contributed by atoms with Crippen LogP contribution >= 0.6 is 0 Å². The Balaban J connectivity index is 1.44. The van der Waals surface area contributed by atoms with Gasteiger partial charge < -0.3 is 9.47 Å². The molecular formula is C23H27N5O. The molecule has 6 nitrogen and oxygen atoms in total. The highest BCUT2D eigenvalue weighted by molar-refractivity contribution is 5.95. The molecule has 150 valence electrons. The summed E-state index contributed by atoms with van der Waals surface area (Å²) >= 11 is 0. The molecule has 1 unspecified atom stereocenters. The fraction of sp³-hybridized carbons (Fsp3) is 0.478. The predicted octanol–water partition coefficient (Wildman–Crippen LogP) is 3.89. The van der Waals surface area contributed by atoms with Crippen LogP contribution in [0.15, 0.2) is 42.7 Å². The summed E-state index contributed by atoms with van der Waals surface area (Å²) in [6.07, 6.45) is 5.38. The molecule has 3 heterocycles. The number of pyridine rings is 1. The monoisotopic (exact) mass is 389 g/mol. The van der Waals surface area contributed by atoms with Gasteiger partial charge in [-0.25, -0.2) is 4.98 Å². The third kappa shape index (κ3) is 3.11. The SMILES string of the molecule is CC(C)Cn1cnnc1C1CN(C(=O)c2ccc3ccccc3n2)CC12CCC2. The number of hydrogen-bond acceptors (Lipinski definition) is 4. The highest BCUT2D eigenvalue weighted by Crippen LogP contribution is 2.55. The van der Waals surface area contributed by atoms with Crippen LogP contribution < -0.4 is 0 Å². The fourth-order valence-corrected chi connectivity index (χ4v) is 5.03. The van der Waals surface area contributed by atoms with E-state index in [9.17, 15) is 4.79 Å². The van der Waals surface area contributed by atoms with Gasteiger partial charge in [0.15, 0.2) is 0 Å². The number of amides is 1. The number of hydrogen-bond donors (Lipinski definition) is 0. The van der Waals surface area contributed by atoms with E-state index >= 15 is 0 Å². The summed E-state index contributed by atoms with van der Waals surface area (Å²) in [5.74, 6) is 1.85. The third-order valence-corrected chi connectivity index (χ3v) is 6.62. The van der Waals surface area contributed by atoms with Crippen molar-refractivity contribution in [2.24, 2.45) is 11.3 Å². The summed E-state index contributed by atoms with van der Waals surface area (Å²) in [5, 5.41) is 9.75. The Morgan fingerprint density at radius 2 is 2.03 bits per heavy atom. The first-order chi connectivity index (χ1) is 14.1. The zero-order chi connectivity index (χ0) is 20.0. The smallest absolute Gasteiger partial charge is 0.272 e. The van der Waals surface area contributed by atoms with Crippen LogP contribution in [0, 0.1) is 11.3 Å². The van der Waals surface area contributed by atoms with E-state index in [0.717, 1.165) is 42.7 Å². The molecule has 2 aliphatic rings. The molecule has 1 amide bonds. The molecule has 6 heteroatoms. The number of carbonyl (C=O) groups excluding carboxylic acids is 1. The maximum absolute atomic E-state index is 13.3. The number of nitrogens with zero attached hydrogens (tertiary/aromatic N) is 5. The predicted molar refractivity (Wildman–Crippen MR) is 112 cm³/mol. The molecule has 1 atom stereocenters.